The van der Waals surface area contributed by atoms with Gasteiger partial charge in [0.2, 0.25) is 11.8 Å². The summed E-state index contributed by atoms with van der Waals surface area (Å²) in [7, 11) is 0. The highest BCUT2D eigenvalue weighted by molar-refractivity contribution is 6.24. The van der Waals surface area contributed by atoms with Gasteiger partial charge in [-0.2, -0.15) is 5.10 Å². The van der Waals surface area contributed by atoms with Gasteiger partial charge in [-0.3, -0.25) is 24.2 Å². The molecule has 2 amide bonds. The third-order valence-electron chi connectivity index (χ3n) is 6.25. The maximum Gasteiger partial charge on any atom is 0.308 e. The van der Waals surface area contributed by atoms with Gasteiger partial charge in [-0.1, -0.05) is 23.8 Å². The first kappa shape index (κ1) is 20.8. The van der Waals surface area contributed by atoms with E-state index in [1.807, 2.05) is 25.1 Å². The van der Waals surface area contributed by atoms with E-state index in [2.05, 4.69) is 5.10 Å². The lowest BCUT2D eigenvalue weighted by molar-refractivity contribution is -0.132. The summed E-state index contributed by atoms with van der Waals surface area (Å²) in [6, 6.07) is 11.9. The van der Waals surface area contributed by atoms with Crippen LogP contribution in [0.4, 0.5) is 5.69 Å². The van der Waals surface area contributed by atoms with E-state index in [1.54, 1.807) is 41.6 Å². The van der Waals surface area contributed by atoms with Gasteiger partial charge in [0.25, 0.3) is 0 Å². The fraction of sp³-hybridized carbons (Fsp3) is 0.240. The molecule has 2 aromatic carbocycles. The molecule has 33 heavy (non-hydrogen) atoms. The third-order valence-corrected chi connectivity index (χ3v) is 6.25. The second kappa shape index (κ2) is 7.81. The quantitative estimate of drug-likeness (QED) is 0.312. The van der Waals surface area contributed by atoms with E-state index in [4.69, 9.17) is 4.74 Å². The van der Waals surface area contributed by atoms with Crippen LogP contribution >= 0.6 is 0 Å². The number of hydrogen-bond donors (Lipinski definition) is 0. The van der Waals surface area contributed by atoms with Gasteiger partial charge in [0, 0.05) is 18.7 Å². The summed E-state index contributed by atoms with van der Waals surface area (Å²) in [6.07, 6.45) is 5.09. The number of ether oxygens (including phenoxy) is 1. The van der Waals surface area contributed by atoms with Crippen molar-refractivity contribution in [2.24, 2.45) is 16.9 Å². The lowest BCUT2D eigenvalue weighted by atomic mass is 9.86. The standard InChI is InChI=1S/C25H21N3O5/c1-14-5-9-17(10-6-14)27-24(31)20-19-4-3-13-26-28(19)22(21(20)25(27)32)23(30)16-7-11-18(12-8-16)33-15(2)29/h3-13,19-22H,1-2H3/t19-,20+,21-,22+/m1/s1. The summed E-state index contributed by atoms with van der Waals surface area (Å²) in [6.45, 7) is 3.22. The second-order valence-corrected chi connectivity index (χ2v) is 8.35. The highest BCUT2D eigenvalue weighted by Crippen LogP contribution is 2.46. The molecule has 8 nitrogen and oxygen atoms in total. The first-order valence-corrected chi connectivity index (χ1v) is 10.6. The van der Waals surface area contributed by atoms with Crippen LogP contribution in [0.5, 0.6) is 5.75 Å². The van der Waals surface area contributed by atoms with E-state index in [0.717, 1.165) is 5.56 Å². The molecule has 8 heteroatoms. The van der Waals surface area contributed by atoms with Crippen molar-refractivity contribution in [1.29, 1.82) is 0 Å². The van der Waals surface area contributed by atoms with Gasteiger partial charge in [-0.25, -0.2) is 4.90 Å². The first-order chi connectivity index (χ1) is 15.9. The van der Waals surface area contributed by atoms with Gasteiger partial charge >= 0.3 is 5.97 Å². The highest BCUT2D eigenvalue weighted by atomic mass is 16.5. The van der Waals surface area contributed by atoms with E-state index >= 15 is 0 Å². The number of allylic oxidation sites excluding steroid dienone is 1. The van der Waals surface area contributed by atoms with Crippen LogP contribution in [0.25, 0.3) is 0 Å². The number of amides is 2. The summed E-state index contributed by atoms with van der Waals surface area (Å²) in [5.41, 5.74) is 1.85. The Morgan fingerprint density at radius 3 is 2.27 bits per heavy atom. The zero-order valence-electron chi connectivity index (χ0n) is 18.0. The zero-order chi connectivity index (χ0) is 23.3. The number of benzene rings is 2. The summed E-state index contributed by atoms with van der Waals surface area (Å²) < 4.78 is 5.03. The van der Waals surface area contributed by atoms with Gasteiger partial charge in [0.1, 0.15) is 11.8 Å². The number of anilines is 1. The number of ketones is 1. The van der Waals surface area contributed by atoms with Gasteiger partial charge in [0.15, 0.2) is 5.78 Å². The summed E-state index contributed by atoms with van der Waals surface area (Å²) >= 11 is 0. The van der Waals surface area contributed by atoms with Crippen LogP contribution in [0.15, 0.2) is 65.8 Å². The number of carbonyl (C=O) groups excluding carboxylic acids is 4. The molecule has 4 atom stereocenters. The molecule has 0 bridgehead atoms. The molecule has 0 aliphatic carbocycles. The Bertz CT molecular complexity index is 1220. The lowest BCUT2D eigenvalue weighted by Gasteiger charge is -2.30. The Hall–Kier alpha value is -4.07. The fourth-order valence-electron chi connectivity index (χ4n) is 4.81. The number of hydrazone groups is 1. The molecule has 2 aromatic rings. The number of imide groups is 1. The van der Waals surface area contributed by atoms with Crippen LogP contribution in [0, 0.1) is 18.8 Å². The molecule has 3 heterocycles. The van der Waals surface area contributed by atoms with E-state index in [0.29, 0.717) is 17.0 Å². The van der Waals surface area contributed by atoms with Gasteiger partial charge in [-0.15, -0.1) is 0 Å². The lowest BCUT2D eigenvalue weighted by Crippen LogP contribution is -2.46. The molecule has 0 N–H and O–H groups in total. The molecule has 3 aliphatic rings. The minimum absolute atomic E-state index is 0.317. The van der Waals surface area contributed by atoms with E-state index < -0.39 is 35.8 Å². The molecule has 2 fully saturated rings. The van der Waals surface area contributed by atoms with Crippen molar-refractivity contribution in [2.45, 2.75) is 25.9 Å². The van der Waals surface area contributed by atoms with E-state index in [1.165, 1.54) is 24.0 Å². The maximum atomic E-state index is 13.6. The number of hydrogen-bond acceptors (Lipinski definition) is 7. The molecule has 0 unspecified atom stereocenters. The molecule has 166 valence electrons. The van der Waals surface area contributed by atoms with Crippen LogP contribution in [-0.2, 0) is 14.4 Å². The van der Waals surface area contributed by atoms with Crippen molar-refractivity contribution in [2.75, 3.05) is 4.90 Å². The van der Waals surface area contributed by atoms with Crippen LogP contribution in [-0.4, -0.2) is 46.9 Å². The van der Waals surface area contributed by atoms with Crippen molar-refractivity contribution in [3.05, 3.63) is 71.8 Å². The van der Waals surface area contributed by atoms with Crippen molar-refractivity contribution in [3.8, 4) is 5.75 Å². The molecule has 3 aliphatic heterocycles. The average molecular weight is 443 g/mol. The average Bonchev–Trinajstić information content (AvgIpc) is 3.27. The van der Waals surface area contributed by atoms with Gasteiger partial charge in [0.05, 0.1) is 23.6 Å². The molecule has 0 saturated carbocycles. The maximum absolute atomic E-state index is 13.6. The van der Waals surface area contributed by atoms with Gasteiger partial charge in [-0.05, 0) is 49.4 Å². The molecule has 0 radical (unpaired) electrons. The number of rotatable bonds is 4. The summed E-state index contributed by atoms with van der Waals surface area (Å²) in [5.74, 6) is -2.76. The topological polar surface area (TPSA) is 96.3 Å². The molecule has 2 saturated heterocycles. The SMILES string of the molecule is CC(=O)Oc1ccc(C(=O)[C@@H]2[C@@H]3C(=O)N(c4ccc(C)cc4)C(=O)[C@H]3[C@H]3C=CC=NN32)cc1. The summed E-state index contributed by atoms with van der Waals surface area (Å²) in [4.78, 5) is 52.9. The zero-order valence-corrected chi connectivity index (χ0v) is 18.0. The molecule has 5 rings (SSSR count). The number of aryl methyl sites for hydroxylation is 1. The Morgan fingerprint density at radius 2 is 1.61 bits per heavy atom. The Morgan fingerprint density at radius 1 is 0.939 bits per heavy atom. The van der Waals surface area contributed by atoms with Gasteiger partial charge < -0.3 is 4.74 Å². The van der Waals surface area contributed by atoms with Crippen LogP contribution in [0.1, 0.15) is 22.8 Å². The van der Waals surface area contributed by atoms with Crippen LogP contribution in [0.3, 0.4) is 0 Å². The number of fused-ring (bicyclic) bond motifs is 3. The van der Waals surface area contributed by atoms with E-state index in [9.17, 15) is 19.2 Å². The predicted octanol–water partition coefficient (Wildman–Crippen LogP) is 2.52. The molecular weight excluding hydrogens is 422 g/mol. The molecule has 0 spiro atoms. The monoisotopic (exact) mass is 443 g/mol. The molecule has 0 aromatic heterocycles. The third kappa shape index (κ3) is 3.34. The number of nitrogens with zero attached hydrogens (tertiary/aromatic N) is 3. The van der Waals surface area contributed by atoms with Crippen LogP contribution in [0.2, 0.25) is 0 Å². The van der Waals surface area contributed by atoms with Crippen molar-refractivity contribution < 1.29 is 23.9 Å². The Balaban J connectivity index is 1.51. The smallest absolute Gasteiger partial charge is 0.308 e. The molecular formula is C25H21N3O5. The minimum Gasteiger partial charge on any atom is -0.427 e. The Labute approximate surface area is 190 Å². The van der Waals surface area contributed by atoms with E-state index in [-0.39, 0.29) is 11.7 Å². The van der Waals surface area contributed by atoms with Crippen LogP contribution < -0.4 is 9.64 Å². The predicted molar refractivity (Wildman–Crippen MR) is 120 cm³/mol. The number of Topliss-reactive ketones (excluding diaryl/α,β-unsaturated/α-hetero) is 1. The largest absolute Gasteiger partial charge is 0.427 e. The normalized spacial score (nSPS) is 25.3. The van der Waals surface area contributed by atoms with Crippen molar-refractivity contribution in [1.82, 2.24) is 5.01 Å². The second-order valence-electron chi connectivity index (χ2n) is 8.35. The van der Waals surface area contributed by atoms with Crippen molar-refractivity contribution in [3.63, 3.8) is 0 Å². The number of carbonyl (C=O) groups is 4. The summed E-state index contributed by atoms with van der Waals surface area (Å²) in [5, 5.41) is 5.91. The fourth-order valence-corrected chi connectivity index (χ4v) is 4.81. The minimum atomic E-state index is -0.923. The van der Waals surface area contributed by atoms with Crippen molar-refractivity contribution >= 4 is 35.5 Å². The number of esters is 1. The Kier molecular flexibility index (Phi) is 4.92. The highest BCUT2D eigenvalue weighted by Gasteiger charge is 2.64. The first-order valence-electron chi connectivity index (χ1n) is 10.6.